The topological polar surface area (TPSA) is 36.3 Å². The van der Waals surface area contributed by atoms with Crippen molar-refractivity contribution in [3.8, 4) is 11.8 Å². The van der Waals surface area contributed by atoms with E-state index in [1.165, 1.54) is 0 Å². The minimum absolute atomic E-state index is 0.237. The van der Waals surface area contributed by atoms with Crippen LogP contribution in [-0.2, 0) is 0 Å². The first-order chi connectivity index (χ1) is 9.06. The predicted molar refractivity (Wildman–Crippen MR) is 79.5 cm³/mol. The number of hydrogen-bond acceptors (Lipinski definition) is 3. The third-order valence-corrected chi connectivity index (χ3v) is 3.77. The minimum atomic E-state index is -0.237. The zero-order chi connectivity index (χ0) is 14.3. The lowest BCUT2D eigenvalue weighted by atomic mass is 9.81. The van der Waals surface area contributed by atoms with Crippen molar-refractivity contribution < 1.29 is 4.74 Å². The lowest BCUT2D eigenvalue weighted by molar-refractivity contribution is 0.231. The van der Waals surface area contributed by atoms with Gasteiger partial charge in [0.1, 0.15) is 5.75 Å². The first kappa shape index (κ1) is 15.4. The molecule has 0 amide bonds. The maximum atomic E-state index is 9.28. The van der Waals surface area contributed by atoms with Crippen molar-refractivity contribution >= 4 is 5.69 Å². The lowest BCUT2D eigenvalue weighted by Crippen LogP contribution is -2.19. The summed E-state index contributed by atoms with van der Waals surface area (Å²) in [5.41, 5.74) is 0.883. The van der Waals surface area contributed by atoms with E-state index in [9.17, 15) is 5.26 Å². The Morgan fingerprint density at radius 2 is 1.95 bits per heavy atom. The second-order valence-electron chi connectivity index (χ2n) is 5.09. The third-order valence-electron chi connectivity index (χ3n) is 3.77. The summed E-state index contributed by atoms with van der Waals surface area (Å²) in [6.07, 6.45) is 2.53. The average molecular weight is 260 g/mol. The summed E-state index contributed by atoms with van der Waals surface area (Å²) in [5, 5.41) is 9.28. The molecular formula is C16H24N2O. The van der Waals surface area contributed by atoms with E-state index < -0.39 is 0 Å². The molecule has 0 spiro atoms. The first-order valence-electron chi connectivity index (χ1n) is 6.88. The van der Waals surface area contributed by atoms with Crippen LogP contribution >= 0.6 is 0 Å². The fourth-order valence-electron chi connectivity index (χ4n) is 2.03. The highest BCUT2D eigenvalue weighted by molar-refractivity contribution is 5.49. The summed E-state index contributed by atoms with van der Waals surface area (Å²) < 4.78 is 5.78. The van der Waals surface area contributed by atoms with E-state index in [1.807, 2.05) is 43.3 Å². The van der Waals surface area contributed by atoms with Crippen LogP contribution in [0.2, 0.25) is 0 Å². The van der Waals surface area contributed by atoms with Gasteiger partial charge in [-0.3, -0.25) is 0 Å². The Bertz CT molecular complexity index is 431. The van der Waals surface area contributed by atoms with Crippen molar-refractivity contribution in [3.05, 3.63) is 24.3 Å². The first-order valence-corrected chi connectivity index (χ1v) is 6.88. The molecule has 0 bridgehead atoms. The Hall–Kier alpha value is -1.69. The molecule has 0 aliphatic heterocycles. The molecule has 0 unspecified atom stereocenters. The van der Waals surface area contributed by atoms with Crippen molar-refractivity contribution in [2.24, 2.45) is 5.41 Å². The molecule has 1 aromatic rings. The standard InChI is InChI=1S/C16H24N2O/c1-5-16(6-2,13-17)10-11-19-15-9-7-8-14(12-15)18(3)4/h7-9,12H,5-6,10-11H2,1-4H3. The Labute approximate surface area is 116 Å². The quantitative estimate of drug-likeness (QED) is 0.747. The van der Waals surface area contributed by atoms with Crippen LogP contribution < -0.4 is 9.64 Å². The summed E-state index contributed by atoms with van der Waals surface area (Å²) in [6.45, 7) is 4.73. The molecule has 0 heterocycles. The summed E-state index contributed by atoms with van der Waals surface area (Å²) in [4.78, 5) is 2.05. The number of hydrogen-bond donors (Lipinski definition) is 0. The van der Waals surface area contributed by atoms with Gasteiger partial charge in [0.25, 0.3) is 0 Å². The maximum absolute atomic E-state index is 9.28. The number of anilines is 1. The normalized spacial score (nSPS) is 10.9. The van der Waals surface area contributed by atoms with Crippen LogP contribution in [0.25, 0.3) is 0 Å². The van der Waals surface area contributed by atoms with E-state index in [0.29, 0.717) is 6.61 Å². The summed E-state index contributed by atoms with van der Waals surface area (Å²) >= 11 is 0. The second-order valence-corrected chi connectivity index (χ2v) is 5.09. The molecule has 0 radical (unpaired) electrons. The zero-order valence-electron chi connectivity index (χ0n) is 12.4. The van der Waals surface area contributed by atoms with Crippen molar-refractivity contribution in [2.45, 2.75) is 33.1 Å². The van der Waals surface area contributed by atoms with Crippen molar-refractivity contribution in [2.75, 3.05) is 25.6 Å². The van der Waals surface area contributed by atoms with Crippen LogP contribution in [0.5, 0.6) is 5.75 Å². The number of ether oxygens (including phenoxy) is 1. The van der Waals surface area contributed by atoms with Gasteiger partial charge in [-0.1, -0.05) is 19.9 Å². The van der Waals surface area contributed by atoms with Crippen LogP contribution in [0.15, 0.2) is 24.3 Å². The van der Waals surface area contributed by atoms with Gasteiger partial charge >= 0.3 is 0 Å². The van der Waals surface area contributed by atoms with Gasteiger partial charge in [-0.2, -0.15) is 5.26 Å². The number of benzene rings is 1. The van der Waals surface area contributed by atoms with E-state index in [0.717, 1.165) is 30.7 Å². The molecule has 1 aromatic carbocycles. The van der Waals surface area contributed by atoms with Crippen LogP contribution in [0.3, 0.4) is 0 Å². The largest absolute Gasteiger partial charge is 0.493 e. The molecule has 0 aromatic heterocycles. The smallest absolute Gasteiger partial charge is 0.121 e. The van der Waals surface area contributed by atoms with Crippen molar-refractivity contribution in [3.63, 3.8) is 0 Å². The zero-order valence-corrected chi connectivity index (χ0v) is 12.4. The molecule has 1 rings (SSSR count). The third kappa shape index (κ3) is 4.17. The van der Waals surface area contributed by atoms with Gasteiger partial charge in [-0.05, 0) is 25.0 Å². The summed E-state index contributed by atoms with van der Waals surface area (Å²) in [5.74, 6) is 0.866. The van der Waals surface area contributed by atoms with Gasteiger partial charge in [0, 0.05) is 32.3 Å². The van der Waals surface area contributed by atoms with E-state index in [4.69, 9.17) is 4.74 Å². The molecule has 3 nitrogen and oxygen atoms in total. The van der Waals surface area contributed by atoms with Gasteiger partial charge in [0.2, 0.25) is 0 Å². The van der Waals surface area contributed by atoms with E-state index in [-0.39, 0.29) is 5.41 Å². The SMILES string of the molecule is CCC(C#N)(CC)CCOc1cccc(N(C)C)c1. The highest BCUT2D eigenvalue weighted by atomic mass is 16.5. The Balaban J connectivity index is 2.58. The Morgan fingerprint density at radius 3 is 2.47 bits per heavy atom. The van der Waals surface area contributed by atoms with Crippen LogP contribution in [-0.4, -0.2) is 20.7 Å². The molecule has 0 fully saturated rings. The molecule has 0 saturated carbocycles. The maximum Gasteiger partial charge on any atom is 0.121 e. The second kappa shape index (κ2) is 7.04. The van der Waals surface area contributed by atoms with E-state index in [1.54, 1.807) is 0 Å². The van der Waals surface area contributed by atoms with Gasteiger partial charge in [-0.15, -0.1) is 0 Å². The molecule has 19 heavy (non-hydrogen) atoms. The van der Waals surface area contributed by atoms with E-state index >= 15 is 0 Å². The molecule has 0 atom stereocenters. The van der Waals surface area contributed by atoms with Gasteiger partial charge < -0.3 is 9.64 Å². The van der Waals surface area contributed by atoms with Gasteiger partial charge in [0.15, 0.2) is 0 Å². The molecular weight excluding hydrogens is 236 g/mol. The lowest BCUT2D eigenvalue weighted by Gasteiger charge is -2.23. The number of rotatable bonds is 7. The number of nitriles is 1. The monoisotopic (exact) mass is 260 g/mol. The molecule has 0 N–H and O–H groups in total. The Morgan fingerprint density at radius 1 is 1.26 bits per heavy atom. The van der Waals surface area contributed by atoms with E-state index in [2.05, 4.69) is 19.9 Å². The highest BCUT2D eigenvalue weighted by Crippen LogP contribution is 2.30. The molecule has 0 aliphatic rings. The van der Waals surface area contributed by atoms with Crippen LogP contribution in [0.4, 0.5) is 5.69 Å². The molecule has 3 heteroatoms. The summed E-state index contributed by atoms with van der Waals surface area (Å²) in [7, 11) is 4.02. The molecule has 104 valence electrons. The van der Waals surface area contributed by atoms with Crippen LogP contribution in [0, 0.1) is 16.7 Å². The fourth-order valence-corrected chi connectivity index (χ4v) is 2.03. The predicted octanol–water partition coefficient (Wildman–Crippen LogP) is 3.85. The fraction of sp³-hybridized carbons (Fsp3) is 0.562. The van der Waals surface area contributed by atoms with Gasteiger partial charge in [-0.25, -0.2) is 0 Å². The molecule has 0 saturated heterocycles. The summed E-state index contributed by atoms with van der Waals surface area (Å²) in [6, 6.07) is 10.5. The van der Waals surface area contributed by atoms with Crippen molar-refractivity contribution in [1.29, 1.82) is 5.26 Å². The minimum Gasteiger partial charge on any atom is -0.493 e. The van der Waals surface area contributed by atoms with Gasteiger partial charge in [0.05, 0.1) is 18.1 Å². The Kier molecular flexibility index (Phi) is 5.69. The van der Waals surface area contributed by atoms with Crippen LogP contribution in [0.1, 0.15) is 33.1 Å². The van der Waals surface area contributed by atoms with Crippen molar-refractivity contribution in [1.82, 2.24) is 0 Å². The highest BCUT2D eigenvalue weighted by Gasteiger charge is 2.25. The number of nitrogens with zero attached hydrogens (tertiary/aromatic N) is 2. The molecule has 0 aliphatic carbocycles. The average Bonchev–Trinajstić information content (AvgIpc) is 2.44.